The number of nitrogens with one attached hydrogen (secondary N) is 3. The van der Waals surface area contributed by atoms with Crippen molar-refractivity contribution >= 4 is 70.8 Å². The number of carbonyl (C=O) groups is 4. The summed E-state index contributed by atoms with van der Waals surface area (Å²) in [4.78, 5) is 49.9. The number of aliphatic hydroxyl groups excluding tert-OH is 2. The van der Waals surface area contributed by atoms with Crippen LogP contribution in [0.2, 0.25) is 0 Å². The summed E-state index contributed by atoms with van der Waals surface area (Å²) in [6.07, 6.45) is -11.4. The molecule has 28 heteroatoms. The zero-order valence-corrected chi connectivity index (χ0v) is 64.1. The lowest BCUT2D eigenvalue weighted by Gasteiger charge is -2.19. The fraction of sp³-hybridized carbons (Fsp3) is 0.293. The topological polar surface area (TPSA) is 273 Å². The number of nitrogens with two attached hydrogens (primary N) is 1. The number of primary sulfonamides is 1. The molecule has 0 aliphatic rings. The maximum atomic E-state index is 13.6. The van der Waals surface area contributed by atoms with E-state index in [0.29, 0.717) is 99.1 Å². The highest BCUT2D eigenvalue weighted by atomic mass is 32.2. The molecule has 9 aromatic rings. The third-order valence-electron chi connectivity index (χ3n) is 16.9. The second-order valence-electron chi connectivity index (χ2n) is 28.6. The molecular weight excluding hydrogens is 1500 g/mol. The number of hydrogen-bond acceptors (Lipinski definition) is 12. The van der Waals surface area contributed by atoms with Crippen molar-refractivity contribution in [3.8, 4) is 33.4 Å². The number of aryl methyl sites for hydroxylation is 6. The van der Waals surface area contributed by atoms with Crippen LogP contribution in [0.5, 0.6) is 0 Å². The lowest BCUT2D eigenvalue weighted by molar-refractivity contribution is -0.137. The molecule has 3 amide bonds. The van der Waals surface area contributed by atoms with E-state index in [2.05, 4.69) is 16.0 Å². The van der Waals surface area contributed by atoms with Crippen LogP contribution in [0.1, 0.15) is 142 Å². The number of sulfone groups is 2. The highest BCUT2D eigenvalue weighted by molar-refractivity contribution is 7.91. The average Bonchev–Trinajstić information content (AvgIpc) is 0.790. The highest BCUT2D eigenvalue weighted by Gasteiger charge is 2.37. The molecule has 0 bridgehead atoms. The average molecular weight is 1590 g/mol. The van der Waals surface area contributed by atoms with E-state index in [9.17, 15) is 94.2 Å². The number of halogens is 9. The molecule has 0 atom stereocenters. The Balaban J connectivity index is 0.000000230. The normalized spacial score (nSPS) is 12.2. The summed E-state index contributed by atoms with van der Waals surface area (Å²) in [6, 6.07) is 42.1. The molecule has 16 nitrogen and oxygen atoms in total. The number of rotatable bonds is 23. The lowest BCUT2D eigenvalue weighted by Crippen LogP contribution is -2.22. The molecule has 0 heterocycles. The van der Waals surface area contributed by atoms with Gasteiger partial charge in [0.1, 0.15) is 6.29 Å². The first-order chi connectivity index (χ1) is 51.2. The molecule has 7 N–H and O–H groups in total. The van der Waals surface area contributed by atoms with E-state index in [-0.39, 0.29) is 85.6 Å². The van der Waals surface area contributed by atoms with Gasteiger partial charge in [-0.1, -0.05) is 114 Å². The Morgan fingerprint density at radius 2 is 0.673 bits per heavy atom. The summed E-state index contributed by atoms with van der Waals surface area (Å²) < 4.78 is 197. The summed E-state index contributed by atoms with van der Waals surface area (Å²) in [5.74, 6) is -1.59. The summed E-state index contributed by atoms with van der Waals surface area (Å²) in [7, 11) is -11.0. The zero-order chi connectivity index (χ0) is 81.7. The van der Waals surface area contributed by atoms with Crippen LogP contribution in [-0.4, -0.2) is 84.2 Å². The number of aldehydes is 1. The molecule has 0 saturated heterocycles. The summed E-state index contributed by atoms with van der Waals surface area (Å²) in [5.41, 5.74) is 2.35. The van der Waals surface area contributed by atoms with Gasteiger partial charge in [-0.05, 0) is 240 Å². The minimum atomic E-state index is -4.56. The van der Waals surface area contributed by atoms with Gasteiger partial charge >= 0.3 is 18.5 Å². The Bertz CT molecular complexity index is 5220. The van der Waals surface area contributed by atoms with Crippen molar-refractivity contribution in [2.24, 2.45) is 16.0 Å². The fourth-order valence-electron chi connectivity index (χ4n) is 12.4. The largest absolute Gasteiger partial charge is 0.417 e. The van der Waals surface area contributed by atoms with E-state index in [0.717, 1.165) is 18.2 Å². The van der Waals surface area contributed by atoms with Crippen LogP contribution < -0.4 is 21.1 Å². The number of hydrogen-bond donors (Lipinski definition) is 6. The zero-order valence-electron chi connectivity index (χ0n) is 61.6. The predicted molar refractivity (Wildman–Crippen MR) is 408 cm³/mol. The van der Waals surface area contributed by atoms with Crippen molar-refractivity contribution in [3.05, 3.63) is 249 Å². The number of anilines is 3. The highest BCUT2D eigenvalue weighted by Crippen LogP contribution is 2.43. The first kappa shape index (κ1) is 87.4. The minimum Gasteiger partial charge on any atom is -0.396 e. The molecule has 0 spiro atoms. The van der Waals surface area contributed by atoms with E-state index in [1.54, 1.807) is 32.0 Å². The van der Waals surface area contributed by atoms with Gasteiger partial charge < -0.3 is 31.0 Å². The van der Waals surface area contributed by atoms with Gasteiger partial charge in [0.25, 0.3) is 17.7 Å². The van der Waals surface area contributed by atoms with Gasteiger partial charge in [-0.3, -0.25) is 14.4 Å². The molecule has 9 rings (SSSR count). The number of benzene rings is 9. The van der Waals surface area contributed by atoms with Gasteiger partial charge in [0.05, 0.1) is 42.9 Å². The first-order valence-corrected chi connectivity index (χ1v) is 39.3. The van der Waals surface area contributed by atoms with Crippen molar-refractivity contribution in [2.45, 2.75) is 134 Å². The summed E-state index contributed by atoms with van der Waals surface area (Å²) in [5, 5.41) is 31.9. The van der Waals surface area contributed by atoms with Gasteiger partial charge in [0.2, 0.25) is 10.0 Å². The van der Waals surface area contributed by atoms with E-state index in [4.69, 9.17) is 5.14 Å². The molecule has 0 aliphatic heterocycles. The summed E-state index contributed by atoms with van der Waals surface area (Å²) >= 11 is 0. The van der Waals surface area contributed by atoms with Crippen LogP contribution in [0, 0.1) is 31.6 Å². The minimum absolute atomic E-state index is 0.00928. The lowest BCUT2D eigenvalue weighted by atomic mass is 9.92. The molecule has 0 aromatic heterocycles. The monoisotopic (exact) mass is 1580 g/mol. The maximum absolute atomic E-state index is 13.6. The van der Waals surface area contributed by atoms with Crippen molar-refractivity contribution < 1.29 is 94.2 Å². The van der Waals surface area contributed by atoms with E-state index < -0.39 is 93.5 Å². The van der Waals surface area contributed by atoms with Gasteiger partial charge in [-0.15, -0.1) is 0 Å². The third-order valence-corrected chi connectivity index (χ3v) is 22.8. The van der Waals surface area contributed by atoms with Crippen molar-refractivity contribution in [3.63, 3.8) is 0 Å². The third kappa shape index (κ3) is 23.8. The van der Waals surface area contributed by atoms with Crippen LogP contribution in [-0.2, 0) is 72.3 Å². The first-order valence-electron chi connectivity index (χ1n) is 34.4. The van der Waals surface area contributed by atoms with Crippen LogP contribution in [0.25, 0.3) is 33.4 Å². The SMILES string of the molecule is Cc1cc(C(=O)Nc2ccc(-c3ccccc3C(F)(F)F)c(CCC=O)c2)ccc1S(=O)(=O)CC(C)(C)C.Cc1cc(C(=O)Nc2ccc(-c3ccccc3C(F)(F)F)c(CCCO)c2)ccc1S(=O)(=O)CC(C)(C)C.Cc1cc(C(=O)Nc2ccc(-c3ccccc3C(F)(F)F)c(CCCO)c2)ccc1S(N)(=O)=O. The van der Waals surface area contributed by atoms with Crippen molar-refractivity contribution in [1.82, 2.24) is 0 Å². The molecular formula is C82H85F9N4O12S3. The molecule has 0 aliphatic carbocycles. The standard InChI is InChI=1S/C29H32F3NO4S.C29H30F3NO4S.C24H23F3N2O4S/c2*1-19-16-21(11-14-26(19)38(36,37)18-28(2,3)4)27(35)33-22-12-13-23(20(17-22)8-7-15-34)24-9-5-6-10-25(24)29(30,31)32;1-15-13-17(8-11-22(15)34(28,32)33)23(31)29-18-9-10-19(16(14-18)5-4-12-30)20-6-2-3-7-21(20)24(25,26)27/h5-6,9-14,16-17,34H,7-8,15,18H2,1-4H3,(H,33,35);5-6,9-17H,7-8,18H2,1-4H3,(H,33,35);2-3,6-11,13-14,30H,4-5,12H2,1H3,(H,29,31)(H2,28,32,33). The Morgan fingerprint density at radius 3 is 0.927 bits per heavy atom. The van der Waals surface area contributed by atoms with Crippen molar-refractivity contribution in [1.29, 1.82) is 0 Å². The molecule has 0 fully saturated rings. The molecule has 0 radical (unpaired) electrons. The van der Waals surface area contributed by atoms with Crippen molar-refractivity contribution in [2.75, 3.05) is 40.7 Å². The molecule has 110 heavy (non-hydrogen) atoms. The van der Waals surface area contributed by atoms with Crippen LogP contribution in [0.15, 0.2) is 197 Å². The van der Waals surface area contributed by atoms with Gasteiger partial charge in [-0.25, -0.2) is 30.4 Å². The summed E-state index contributed by atoms with van der Waals surface area (Å²) in [6.45, 7) is 15.5. The second-order valence-corrected chi connectivity index (χ2v) is 34.0. The molecule has 0 saturated carbocycles. The molecule has 0 unspecified atom stereocenters. The van der Waals surface area contributed by atoms with E-state index >= 15 is 0 Å². The predicted octanol–water partition coefficient (Wildman–Crippen LogP) is 18.1. The number of alkyl halides is 9. The van der Waals surface area contributed by atoms with Crippen LogP contribution in [0.4, 0.5) is 56.6 Å². The van der Waals surface area contributed by atoms with Crippen LogP contribution in [0.3, 0.4) is 0 Å². The Morgan fingerprint density at radius 1 is 0.391 bits per heavy atom. The Hall–Kier alpha value is -9.84. The smallest absolute Gasteiger partial charge is 0.396 e. The molecule has 586 valence electrons. The maximum Gasteiger partial charge on any atom is 0.417 e. The fourth-order valence-corrected chi connectivity index (χ4v) is 17.4. The number of sulfonamides is 1. The number of amides is 3. The van der Waals surface area contributed by atoms with E-state index in [1.165, 1.54) is 153 Å². The van der Waals surface area contributed by atoms with Crippen LogP contribution >= 0.6 is 0 Å². The Labute approximate surface area is 634 Å². The van der Waals surface area contributed by atoms with Gasteiger partial charge in [0.15, 0.2) is 19.7 Å². The van der Waals surface area contributed by atoms with Gasteiger partial charge in [-0.2, -0.15) is 39.5 Å². The van der Waals surface area contributed by atoms with E-state index in [1.807, 2.05) is 41.5 Å². The second kappa shape index (κ2) is 35.9. The number of carbonyl (C=O) groups excluding carboxylic acids is 4. The number of aliphatic hydroxyl groups is 2. The molecule has 9 aromatic carbocycles. The van der Waals surface area contributed by atoms with Gasteiger partial charge in [0, 0.05) is 53.4 Å². The Kier molecular flexibility index (Phi) is 28.5. The quantitative estimate of drug-likeness (QED) is 0.0258.